The molecule has 1 unspecified atom stereocenters. The van der Waals surface area contributed by atoms with Gasteiger partial charge in [0.05, 0.1) is 5.69 Å². The molecular formula is C12H19N3S. The van der Waals surface area contributed by atoms with Gasteiger partial charge in [0.25, 0.3) is 0 Å². The molecule has 1 aromatic rings. The summed E-state index contributed by atoms with van der Waals surface area (Å²) >= 11 is 4.92. The van der Waals surface area contributed by atoms with Crippen molar-refractivity contribution in [1.29, 1.82) is 0 Å². The molecule has 0 fully saturated rings. The zero-order valence-electron chi connectivity index (χ0n) is 10.1. The number of hydrogen-bond acceptors (Lipinski definition) is 3. The van der Waals surface area contributed by atoms with Crippen molar-refractivity contribution in [3.05, 3.63) is 23.9 Å². The Bertz CT molecular complexity index is 365. The fourth-order valence-electron chi connectivity index (χ4n) is 1.59. The molecule has 0 aliphatic carbocycles. The zero-order chi connectivity index (χ0) is 12.1. The van der Waals surface area contributed by atoms with Crippen LogP contribution in [0.4, 0.5) is 5.82 Å². The molecule has 0 aliphatic heterocycles. The molecule has 3 nitrogen and oxygen atoms in total. The van der Waals surface area contributed by atoms with E-state index in [0.717, 1.165) is 12.2 Å². The van der Waals surface area contributed by atoms with Gasteiger partial charge in [0.2, 0.25) is 0 Å². The molecule has 0 aromatic carbocycles. The van der Waals surface area contributed by atoms with Crippen molar-refractivity contribution in [2.45, 2.75) is 32.7 Å². The summed E-state index contributed by atoms with van der Waals surface area (Å²) in [6.07, 6.45) is 2.32. The van der Waals surface area contributed by atoms with Crippen LogP contribution in [0.25, 0.3) is 0 Å². The van der Waals surface area contributed by atoms with Gasteiger partial charge in [-0.25, -0.2) is 4.98 Å². The second-order valence-electron chi connectivity index (χ2n) is 3.99. The highest BCUT2D eigenvalue weighted by Crippen LogP contribution is 2.15. The van der Waals surface area contributed by atoms with Crippen molar-refractivity contribution in [2.75, 3.05) is 11.9 Å². The van der Waals surface area contributed by atoms with Gasteiger partial charge in [0.1, 0.15) is 10.8 Å². The molecule has 1 aromatic heterocycles. The predicted octanol–water partition coefficient (Wildman–Crippen LogP) is 2.34. The predicted molar refractivity (Wildman–Crippen MR) is 72.9 cm³/mol. The quantitative estimate of drug-likeness (QED) is 0.798. The molecule has 0 saturated carbocycles. The van der Waals surface area contributed by atoms with E-state index in [2.05, 4.69) is 23.7 Å². The van der Waals surface area contributed by atoms with Crippen LogP contribution in [0.2, 0.25) is 0 Å². The summed E-state index contributed by atoms with van der Waals surface area (Å²) in [7, 11) is 2.05. The van der Waals surface area contributed by atoms with Gasteiger partial charge in [-0.15, -0.1) is 0 Å². The summed E-state index contributed by atoms with van der Waals surface area (Å²) in [5.41, 5.74) is 6.25. The lowest BCUT2D eigenvalue weighted by Crippen LogP contribution is -2.29. The molecule has 0 bridgehead atoms. The Kier molecular flexibility index (Phi) is 4.68. The zero-order valence-corrected chi connectivity index (χ0v) is 10.9. The fourth-order valence-corrected chi connectivity index (χ4v) is 1.71. The van der Waals surface area contributed by atoms with Crippen LogP contribution in [0.3, 0.4) is 0 Å². The number of aromatic nitrogens is 1. The first-order chi connectivity index (χ1) is 7.56. The monoisotopic (exact) mass is 237 g/mol. The molecule has 88 valence electrons. The molecule has 0 radical (unpaired) electrons. The van der Waals surface area contributed by atoms with Crippen molar-refractivity contribution >= 4 is 23.0 Å². The number of nitrogens with zero attached hydrogens (tertiary/aromatic N) is 2. The number of nitrogens with two attached hydrogens (primary N) is 1. The second kappa shape index (κ2) is 5.80. The third kappa shape index (κ3) is 3.17. The summed E-state index contributed by atoms with van der Waals surface area (Å²) in [6.45, 7) is 4.38. The van der Waals surface area contributed by atoms with Gasteiger partial charge in [0.15, 0.2) is 0 Å². The van der Waals surface area contributed by atoms with E-state index in [9.17, 15) is 0 Å². The van der Waals surface area contributed by atoms with E-state index in [1.807, 2.05) is 25.2 Å². The molecule has 2 N–H and O–H groups in total. The molecule has 0 spiro atoms. The highest BCUT2D eigenvalue weighted by Gasteiger charge is 2.10. The minimum atomic E-state index is 0.346. The lowest BCUT2D eigenvalue weighted by Gasteiger charge is -2.25. The van der Waals surface area contributed by atoms with Crippen LogP contribution in [-0.4, -0.2) is 23.1 Å². The van der Waals surface area contributed by atoms with Crippen LogP contribution in [0, 0.1) is 0 Å². The average molecular weight is 237 g/mol. The third-order valence-corrected chi connectivity index (χ3v) is 2.92. The minimum Gasteiger partial charge on any atom is -0.388 e. The highest BCUT2D eigenvalue weighted by atomic mass is 32.1. The maximum Gasteiger partial charge on any atom is 0.129 e. The van der Waals surface area contributed by atoms with Crippen LogP contribution in [0.15, 0.2) is 18.2 Å². The largest absolute Gasteiger partial charge is 0.388 e. The first-order valence-corrected chi connectivity index (χ1v) is 5.96. The first-order valence-electron chi connectivity index (χ1n) is 5.56. The van der Waals surface area contributed by atoms with Crippen LogP contribution in [-0.2, 0) is 0 Å². The van der Waals surface area contributed by atoms with E-state index < -0.39 is 0 Å². The molecule has 1 rings (SSSR count). The van der Waals surface area contributed by atoms with E-state index in [0.29, 0.717) is 16.7 Å². The summed E-state index contributed by atoms with van der Waals surface area (Å²) in [4.78, 5) is 6.94. The van der Waals surface area contributed by atoms with E-state index in [-0.39, 0.29) is 0 Å². The minimum absolute atomic E-state index is 0.346. The molecule has 1 heterocycles. The van der Waals surface area contributed by atoms with E-state index in [1.165, 1.54) is 6.42 Å². The van der Waals surface area contributed by atoms with Gasteiger partial charge in [-0.3, -0.25) is 0 Å². The smallest absolute Gasteiger partial charge is 0.129 e. The summed E-state index contributed by atoms with van der Waals surface area (Å²) in [5, 5.41) is 0. The molecule has 0 aliphatic rings. The SMILES string of the molecule is CCCC(C)N(C)c1cccc(C(N)=S)n1. The molecule has 16 heavy (non-hydrogen) atoms. The summed E-state index contributed by atoms with van der Waals surface area (Å²) < 4.78 is 0. The van der Waals surface area contributed by atoms with Crippen LogP contribution < -0.4 is 10.6 Å². The van der Waals surface area contributed by atoms with E-state index >= 15 is 0 Å². The van der Waals surface area contributed by atoms with Gasteiger partial charge in [0, 0.05) is 13.1 Å². The van der Waals surface area contributed by atoms with Gasteiger partial charge >= 0.3 is 0 Å². The van der Waals surface area contributed by atoms with Gasteiger partial charge in [-0.05, 0) is 25.5 Å². The number of anilines is 1. The molecule has 4 heteroatoms. The Morgan fingerprint density at radius 2 is 2.25 bits per heavy atom. The molecule has 0 amide bonds. The summed E-state index contributed by atoms with van der Waals surface area (Å²) in [6, 6.07) is 6.23. The molecular weight excluding hydrogens is 218 g/mol. The second-order valence-corrected chi connectivity index (χ2v) is 4.43. The molecule has 1 atom stereocenters. The highest BCUT2D eigenvalue weighted by molar-refractivity contribution is 7.80. The van der Waals surface area contributed by atoms with Crippen molar-refractivity contribution in [2.24, 2.45) is 5.73 Å². The van der Waals surface area contributed by atoms with Crippen molar-refractivity contribution in [3.63, 3.8) is 0 Å². The van der Waals surface area contributed by atoms with Crippen LogP contribution >= 0.6 is 12.2 Å². The van der Waals surface area contributed by atoms with Gasteiger partial charge in [-0.1, -0.05) is 31.6 Å². The third-order valence-electron chi connectivity index (χ3n) is 2.72. The number of thiocarbonyl (C=S) groups is 1. The van der Waals surface area contributed by atoms with Crippen LogP contribution in [0.1, 0.15) is 32.4 Å². The van der Waals surface area contributed by atoms with Crippen LogP contribution in [0.5, 0.6) is 0 Å². The number of rotatable bonds is 5. The number of pyridine rings is 1. The van der Waals surface area contributed by atoms with Crippen molar-refractivity contribution in [1.82, 2.24) is 4.98 Å². The lowest BCUT2D eigenvalue weighted by molar-refractivity contribution is 0.611. The van der Waals surface area contributed by atoms with Crippen molar-refractivity contribution in [3.8, 4) is 0 Å². The standard InChI is InChI=1S/C12H19N3S/c1-4-6-9(2)15(3)11-8-5-7-10(14-11)12(13)16/h5,7-9H,4,6H2,1-3H3,(H2,13,16). The van der Waals surface area contributed by atoms with Gasteiger partial charge < -0.3 is 10.6 Å². The summed E-state index contributed by atoms with van der Waals surface area (Å²) in [5.74, 6) is 0.922. The van der Waals surface area contributed by atoms with E-state index in [4.69, 9.17) is 18.0 Å². The normalized spacial score (nSPS) is 12.2. The Hall–Kier alpha value is -1.16. The lowest BCUT2D eigenvalue weighted by atomic mass is 10.2. The fraction of sp³-hybridized carbons (Fsp3) is 0.500. The molecule has 0 saturated heterocycles. The Balaban J connectivity index is 2.86. The van der Waals surface area contributed by atoms with Gasteiger partial charge in [-0.2, -0.15) is 0 Å². The van der Waals surface area contributed by atoms with E-state index in [1.54, 1.807) is 0 Å². The topological polar surface area (TPSA) is 42.1 Å². The Morgan fingerprint density at radius 1 is 1.56 bits per heavy atom. The average Bonchev–Trinajstić information content (AvgIpc) is 2.28. The number of hydrogen-bond donors (Lipinski definition) is 1. The van der Waals surface area contributed by atoms with Crippen molar-refractivity contribution < 1.29 is 0 Å². The Morgan fingerprint density at radius 3 is 2.81 bits per heavy atom. The first kappa shape index (κ1) is 12.9. The maximum atomic E-state index is 5.57. The maximum absolute atomic E-state index is 5.57. The Labute approximate surface area is 103 Å².